The number of rotatable bonds is 9. The number of nitro benzene ring substituents is 1. The zero-order chi connectivity index (χ0) is 28.2. The lowest BCUT2D eigenvalue weighted by atomic mass is 10.1. The minimum absolute atomic E-state index is 0.0308. The molecule has 0 bridgehead atoms. The number of hydrogen-bond donors (Lipinski definition) is 2. The van der Waals surface area contributed by atoms with Crippen molar-refractivity contribution in [1.29, 1.82) is 0 Å². The molecule has 39 heavy (non-hydrogen) atoms. The molecule has 2 N–H and O–H groups in total. The number of para-hydroxylation sites is 1. The van der Waals surface area contributed by atoms with E-state index < -0.39 is 20.9 Å². The van der Waals surface area contributed by atoms with E-state index in [9.17, 15) is 23.3 Å². The fraction of sp³-hybridized carbons (Fsp3) is 0.0741. The molecule has 4 aromatic carbocycles. The van der Waals surface area contributed by atoms with E-state index in [0.29, 0.717) is 28.5 Å². The summed E-state index contributed by atoms with van der Waals surface area (Å²) in [4.78, 5) is 23.8. The molecule has 4 aromatic rings. The summed E-state index contributed by atoms with van der Waals surface area (Å²) in [5.41, 5.74) is 0.600. The summed E-state index contributed by atoms with van der Waals surface area (Å²) in [5.74, 6) is 0.0888. The van der Waals surface area contributed by atoms with Crippen molar-refractivity contribution in [1.82, 2.24) is 0 Å². The van der Waals surface area contributed by atoms with E-state index in [4.69, 9.17) is 27.9 Å². The number of hydrogen-bond acceptors (Lipinski definition) is 6. The van der Waals surface area contributed by atoms with Crippen LogP contribution in [-0.4, -0.2) is 19.2 Å². The minimum atomic E-state index is -4.13. The Kier molecular flexibility index (Phi) is 8.39. The molecule has 0 spiro atoms. The van der Waals surface area contributed by atoms with Gasteiger partial charge in [-0.05, 0) is 66.6 Å². The van der Waals surface area contributed by atoms with E-state index in [2.05, 4.69) is 10.0 Å². The number of halogens is 2. The van der Waals surface area contributed by atoms with Crippen LogP contribution in [0.1, 0.15) is 22.8 Å². The Morgan fingerprint density at radius 1 is 0.949 bits per heavy atom. The van der Waals surface area contributed by atoms with Gasteiger partial charge in [0.1, 0.15) is 11.5 Å². The SMILES string of the molecule is CCc1ccc([N+](=O)[O-])cc1NC(=O)c1cc(Cl)ccc1NS(=O)(=O)c1ccc(Oc2ccccc2Cl)cc1. The van der Waals surface area contributed by atoms with E-state index in [1.807, 2.05) is 6.92 Å². The van der Waals surface area contributed by atoms with Gasteiger partial charge in [0, 0.05) is 17.2 Å². The molecule has 9 nitrogen and oxygen atoms in total. The molecule has 0 unspecified atom stereocenters. The van der Waals surface area contributed by atoms with Crippen LogP contribution in [0.25, 0.3) is 0 Å². The molecule has 0 aliphatic heterocycles. The molecule has 12 heteroatoms. The Morgan fingerprint density at radius 2 is 1.67 bits per heavy atom. The van der Waals surface area contributed by atoms with Gasteiger partial charge in [0.2, 0.25) is 0 Å². The standard InChI is InChI=1S/C27H21Cl2N3O6S/c1-2-17-7-9-19(32(34)35)16-25(17)30-27(33)22-15-18(28)8-14-24(22)31-39(36,37)21-12-10-20(11-13-21)38-26-6-4-3-5-23(26)29/h3-16,31H,2H2,1H3,(H,30,33). The van der Waals surface area contributed by atoms with Crippen LogP contribution in [-0.2, 0) is 16.4 Å². The molecule has 0 saturated heterocycles. The number of nitrogens with one attached hydrogen (secondary N) is 2. The highest BCUT2D eigenvalue weighted by Crippen LogP contribution is 2.31. The lowest BCUT2D eigenvalue weighted by Crippen LogP contribution is -2.19. The maximum absolute atomic E-state index is 13.2. The Morgan fingerprint density at radius 3 is 2.33 bits per heavy atom. The van der Waals surface area contributed by atoms with Gasteiger partial charge in [0.25, 0.3) is 21.6 Å². The Balaban J connectivity index is 1.58. The predicted octanol–water partition coefficient (Wildman–Crippen LogP) is 7.31. The third-order valence-corrected chi connectivity index (χ3v) is 7.53. The first kappa shape index (κ1) is 27.9. The van der Waals surface area contributed by atoms with Gasteiger partial charge < -0.3 is 10.1 Å². The Hall–Kier alpha value is -4.12. The van der Waals surface area contributed by atoms with Gasteiger partial charge in [0.15, 0.2) is 0 Å². The second-order valence-corrected chi connectivity index (χ2v) is 10.7. The topological polar surface area (TPSA) is 128 Å². The lowest BCUT2D eigenvalue weighted by Gasteiger charge is -2.15. The van der Waals surface area contributed by atoms with Crippen molar-refractivity contribution in [3.63, 3.8) is 0 Å². The third kappa shape index (κ3) is 6.66. The van der Waals surface area contributed by atoms with E-state index in [0.717, 1.165) is 0 Å². The maximum atomic E-state index is 13.2. The number of non-ortho nitro benzene ring substituents is 1. The second-order valence-electron chi connectivity index (χ2n) is 8.21. The Labute approximate surface area is 234 Å². The van der Waals surface area contributed by atoms with Gasteiger partial charge in [-0.2, -0.15) is 0 Å². The number of nitrogens with zero attached hydrogens (tertiary/aromatic N) is 1. The molecule has 0 aliphatic carbocycles. The zero-order valence-electron chi connectivity index (χ0n) is 20.4. The number of benzene rings is 4. The minimum Gasteiger partial charge on any atom is -0.456 e. The van der Waals surface area contributed by atoms with Crippen LogP contribution < -0.4 is 14.8 Å². The number of amides is 1. The van der Waals surface area contributed by atoms with Gasteiger partial charge in [-0.15, -0.1) is 0 Å². The molecular formula is C27H21Cl2N3O6S. The first-order valence-electron chi connectivity index (χ1n) is 11.5. The zero-order valence-corrected chi connectivity index (χ0v) is 22.7. The van der Waals surface area contributed by atoms with Gasteiger partial charge in [-0.1, -0.05) is 48.3 Å². The van der Waals surface area contributed by atoms with Crippen molar-refractivity contribution in [3.05, 3.63) is 116 Å². The van der Waals surface area contributed by atoms with Gasteiger partial charge in [-0.3, -0.25) is 19.6 Å². The number of sulfonamides is 1. The van der Waals surface area contributed by atoms with E-state index in [1.165, 1.54) is 54.6 Å². The molecule has 200 valence electrons. The highest BCUT2D eigenvalue weighted by atomic mass is 35.5. The number of ether oxygens (including phenoxy) is 1. The number of nitro groups is 1. The highest BCUT2D eigenvalue weighted by Gasteiger charge is 2.21. The Bertz CT molecular complexity index is 1660. The van der Waals surface area contributed by atoms with Crippen LogP contribution in [0.15, 0.2) is 89.8 Å². The van der Waals surface area contributed by atoms with Crippen LogP contribution in [0.3, 0.4) is 0 Å². The molecule has 0 aromatic heterocycles. The molecule has 0 saturated carbocycles. The molecule has 0 radical (unpaired) electrons. The van der Waals surface area contributed by atoms with Crippen molar-refractivity contribution in [2.75, 3.05) is 10.0 Å². The van der Waals surface area contributed by atoms with Gasteiger partial charge in [0.05, 0.1) is 31.8 Å². The number of anilines is 2. The molecule has 4 rings (SSSR count). The summed E-state index contributed by atoms with van der Waals surface area (Å²) in [5, 5.41) is 14.4. The summed E-state index contributed by atoms with van der Waals surface area (Å²) < 4.78 is 34.4. The largest absolute Gasteiger partial charge is 0.456 e. The molecule has 0 aliphatic rings. The average Bonchev–Trinajstić information content (AvgIpc) is 2.91. The second kappa shape index (κ2) is 11.7. The quantitative estimate of drug-likeness (QED) is 0.156. The van der Waals surface area contributed by atoms with E-state index in [1.54, 1.807) is 30.3 Å². The highest BCUT2D eigenvalue weighted by molar-refractivity contribution is 7.92. The van der Waals surface area contributed by atoms with E-state index in [-0.39, 0.29) is 32.5 Å². The van der Waals surface area contributed by atoms with Crippen LogP contribution in [0.5, 0.6) is 11.5 Å². The smallest absolute Gasteiger partial charge is 0.271 e. The molecule has 1 amide bonds. The monoisotopic (exact) mass is 585 g/mol. The molecule has 0 fully saturated rings. The fourth-order valence-electron chi connectivity index (χ4n) is 3.63. The summed E-state index contributed by atoms with van der Waals surface area (Å²) in [7, 11) is -4.13. The fourth-order valence-corrected chi connectivity index (χ4v) is 5.06. The van der Waals surface area contributed by atoms with Crippen molar-refractivity contribution in [2.45, 2.75) is 18.2 Å². The number of carbonyl (C=O) groups is 1. The van der Waals surface area contributed by atoms with Crippen molar-refractivity contribution >= 4 is 56.2 Å². The third-order valence-electron chi connectivity index (χ3n) is 5.60. The van der Waals surface area contributed by atoms with Crippen molar-refractivity contribution in [2.24, 2.45) is 0 Å². The normalized spacial score (nSPS) is 11.1. The summed E-state index contributed by atoms with van der Waals surface area (Å²) in [6, 6.07) is 20.7. The predicted molar refractivity (Wildman–Crippen MR) is 151 cm³/mol. The van der Waals surface area contributed by atoms with Crippen molar-refractivity contribution in [3.8, 4) is 11.5 Å². The maximum Gasteiger partial charge on any atom is 0.271 e. The number of carbonyl (C=O) groups excluding carboxylic acids is 1. The van der Waals surface area contributed by atoms with Crippen LogP contribution in [0, 0.1) is 10.1 Å². The van der Waals surface area contributed by atoms with Crippen LogP contribution in [0.2, 0.25) is 10.0 Å². The van der Waals surface area contributed by atoms with Crippen LogP contribution >= 0.6 is 23.2 Å². The summed E-state index contributed by atoms with van der Waals surface area (Å²) >= 11 is 12.2. The number of aryl methyl sites for hydroxylation is 1. The van der Waals surface area contributed by atoms with Crippen LogP contribution in [0.4, 0.5) is 17.1 Å². The summed E-state index contributed by atoms with van der Waals surface area (Å²) in [6.07, 6.45) is 0.499. The van der Waals surface area contributed by atoms with E-state index >= 15 is 0 Å². The van der Waals surface area contributed by atoms with Gasteiger partial charge >= 0.3 is 0 Å². The first-order chi connectivity index (χ1) is 18.6. The molecule has 0 heterocycles. The molecular weight excluding hydrogens is 565 g/mol. The molecule has 0 atom stereocenters. The lowest BCUT2D eigenvalue weighted by molar-refractivity contribution is -0.384. The van der Waals surface area contributed by atoms with Crippen molar-refractivity contribution < 1.29 is 22.9 Å². The summed E-state index contributed by atoms with van der Waals surface area (Å²) in [6.45, 7) is 1.83. The average molecular weight is 586 g/mol. The first-order valence-corrected chi connectivity index (χ1v) is 13.7. The van der Waals surface area contributed by atoms with Gasteiger partial charge in [-0.25, -0.2) is 8.42 Å².